The highest BCUT2D eigenvalue weighted by molar-refractivity contribution is 5.82. The molecule has 1 saturated heterocycles. The van der Waals surface area contributed by atoms with Gasteiger partial charge in [-0.1, -0.05) is 36.4 Å². The molecule has 1 atom stereocenters. The van der Waals surface area contributed by atoms with E-state index in [-0.39, 0.29) is 5.69 Å². The highest BCUT2D eigenvalue weighted by Gasteiger charge is 2.16. The number of nitrogens with zero attached hydrogens (tertiary/aromatic N) is 1. The van der Waals surface area contributed by atoms with Crippen LogP contribution >= 0.6 is 0 Å². The normalized spacial score (nSPS) is 17.4. The predicted octanol–water partition coefficient (Wildman–Crippen LogP) is 2.51. The van der Waals surface area contributed by atoms with E-state index in [0.29, 0.717) is 19.2 Å². The van der Waals surface area contributed by atoms with E-state index in [4.69, 9.17) is 4.74 Å². The van der Waals surface area contributed by atoms with Gasteiger partial charge in [-0.25, -0.2) is 4.79 Å². The molecule has 1 aliphatic heterocycles. The van der Waals surface area contributed by atoms with Gasteiger partial charge in [0.15, 0.2) is 0 Å². The standard InChI is InChI=1S/C19H21N3O2/c23-19-21-18-16(22(19)12-14-6-2-1-3-7-14)9-4-10-17(18)24-13-15-8-5-11-20-15/h1-4,6-7,9-10,15,20H,5,8,11-13H2,(H,21,23). The molecule has 3 aromatic rings. The molecule has 0 amide bonds. The molecule has 2 aromatic carbocycles. The second-order valence-electron chi connectivity index (χ2n) is 6.26. The van der Waals surface area contributed by atoms with Crippen molar-refractivity contribution < 1.29 is 4.74 Å². The number of fused-ring (bicyclic) bond motifs is 1. The second kappa shape index (κ2) is 6.53. The summed E-state index contributed by atoms with van der Waals surface area (Å²) in [6, 6.07) is 16.2. The number of rotatable bonds is 5. The number of hydrogen-bond donors (Lipinski definition) is 2. The van der Waals surface area contributed by atoms with Gasteiger partial charge in [0, 0.05) is 6.04 Å². The summed E-state index contributed by atoms with van der Waals surface area (Å²) in [4.78, 5) is 15.3. The molecule has 0 spiro atoms. The van der Waals surface area contributed by atoms with Crippen LogP contribution < -0.4 is 15.7 Å². The largest absolute Gasteiger partial charge is 0.490 e. The zero-order chi connectivity index (χ0) is 16.4. The molecular weight excluding hydrogens is 302 g/mol. The van der Waals surface area contributed by atoms with Crippen LogP contribution in [0.25, 0.3) is 11.0 Å². The van der Waals surface area contributed by atoms with E-state index in [1.54, 1.807) is 4.57 Å². The lowest BCUT2D eigenvalue weighted by molar-refractivity contribution is 0.280. The van der Waals surface area contributed by atoms with Crippen molar-refractivity contribution in [1.29, 1.82) is 0 Å². The Kier molecular flexibility index (Phi) is 4.09. The van der Waals surface area contributed by atoms with Crippen LogP contribution in [-0.4, -0.2) is 28.7 Å². The average molecular weight is 323 g/mol. The molecule has 1 aliphatic rings. The number of ether oxygens (including phenoxy) is 1. The van der Waals surface area contributed by atoms with Gasteiger partial charge >= 0.3 is 5.69 Å². The summed E-state index contributed by atoms with van der Waals surface area (Å²) in [5, 5.41) is 3.42. The summed E-state index contributed by atoms with van der Waals surface area (Å²) in [5.74, 6) is 0.741. The van der Waals surface area contributed by atoms with Crippen molar-refractivity contribution in [2.45, 2.75) is 25.4 Å². The van der Waals surface area contributed by atoms with Crippen molar-refractivity contribution in [2.75, 3.05) is 13.2 Å². The number of aromatic amines is 1. The number of hydrogen-bond acceptors (Lipinski definition) is 3. The zero-order valence-corrected chi connectivity index (χ0v) is 13.5. The summed E-state index contributed by atoms with van der Waals surface area (Å²) < 4.78 is 7.73. The Hall–Kier alpha value is -2.53. The average Bonchev–Trinajstić information content (AvgIpc) is 3.23. The molecule has 5 nitrogen and oxygen atoms in total. The van der Waals surface area contributed by atoms with E-state index in [2.05, 4.69) is 10.3 Å². The molecule has 4 rings (SSSR count). The zero-order valence-electron chi connectivity index (χ0n) is 13.5. The number of aromatic nitrogens is 2. The first-order chi connectivity index (χ1) is 11.8. The number of imidazole rings is 1. The molecule has 2 heterocycles. The molecule has 124 valence electrons. The minimum absolute atomic E-state index is 0.108. The Morgan fingerprint density at radius 1 is 1.12 bits per heavy atom. The number of nitrogens with one attached hydrogen (secondary N) is 2. The van der Waals surface area contributed by atoms with Gasteiger partial charge in [0.2, 0.25) is 0 Å². The first-order valence-electron chi connectivity index (χ1n) is 8.43. The maximum Gasteiger partial charge on any atom is 0.326 e. The molecule has 1 fully saturated rings. The predicted molar refractivity (Wildman–Crippen MR) is 94.6 cm³/mol. The molecule has 0 radical (unpaired) electrons. The van der Waals surface area contributed by atoms with E-state index in [1.807, 2.05) is 48.5 Å². The topological polar surface area (TPSA) is 59.1 Å². The van der Waals surface area contributed by atoms with Crippen LogP contribution in [-0.2, 0) is 6.54 Å². The lowest BCUT2D eigenvalue weighted by Crippen LogP contribution is -2.28. The summed E-state index contributed by atoms with van der Waals surface area (Å²) in [7, 11) is 0. The van der Waals surface area contributed by atoms with Crippen molar-refractivity contribution in [3.8, 4) is 5.75 Å². The highest BCUT2D eigenvalue weighted by Crippen LogP contribution is 2.24. The lowest BCUT2D eigenvalue weighted by atomic mass is 10.2. The van der Waals surface area contributed by atoms with Gasteiger partial charge in [-0.3, -0.25) is 4.57 Å². The van der Waals surface area contributed by atoms with Crippen molar-refractivity contribution in [1.82, 2.24) is 14.9 Å². The quantitative estimate of drug-likeness (QED) is 0.758. The smallest absolute Gasteiger partial charge is 0.326 e. The third-order valence-corrected chi connectivity index (χ3v) is 4.56. The van der Waals surface area contributed by atoms with Crippen LogP contribution in [0.4, 0.5) is 0 Å². The SMILES string of the molecule is O=c1[nH]c2c(OCC3CCCN3)cccc2n1Cc1ccccc1. The first-order valence-corrected chi connectivity index (χ1v) is 8.43. The van der Waals surface area contributed by atoms with Crippen molar-refractivity contribution in [2.24, 2.45) is 0 Å². The molecule has 5 heteroatoms. The van der Waals surface area contributed by atoms with Gasteiger partial charge in [0.1, 0.15) is 17.9 Å². The van der Waals surface area contributed by atoms with Crippen LogP contribution in [0, 0.1) is 0 Å². The second-order valence-corrected chi connectivity index (χ2v) is 6.26. The molecule has 0 aliphatic carbocycles. The molecule has 2 N–H and O–H groups in total. The van der Waals surface area contributed by atoms with Crippen LogP contribution in [0.1, 0.15) is 18.4 Å². The molecule has 1 unspecified atom stereocenters. The van der Waals surface area contributed by atoms with E-state index >= 15 is 0 Å². The van der Waals surface area contributed by atoms with Gasteiger partial charge in [0.05, 0.1) is 12.1 Å². The summed E-state index contributed by atoms with van der Waals surface area (Å²) in [6.45, 7) is 2.24. The Morgan fingerprint density at radius 3 is 2.79 bits per heavy atom. The lowest BCUT2D eigenvalue weighted by Gasteiger charge is -2.12. The monoisotopic (exact) mass is 323 g/mol. The fourth-order valence-electron chi connectivity index (χ4n) is 3.29. The Bertz CT molecular complexity index is 877. The Labute approximate surface area is 140 Å². The third kappa shape index (κ3) is 2.95. The van der Waals surface area contributed by atoms with Gasteiger partial charge in [0.25, 0.3) is 0 Å². The van der Waals surface area contributed by atoms with Gasteiger partial charge in [-0.05, 0) is 37.1 Å². The van der Waals surface area contributed by atoms with Crippen LogP contribution in [0.3, 0.4) is 0 Å². The van der Waals surface area contributed by atoms with E-state index < -0.39 is 0 Å². The maximum atomic E-state index is 12.4. The molecular formula is C19H21N3O2. The summed E-state index contributed by atoms with van der Waals surface area (Å²) >= 11 is 0. The van der Waals surface area contributed by atoms with Crippen LogP contribution in [0.5, 0.6) is 5.75 Å². The Morgan fingerprint density at radius 2 is 2.00 bits per heavy atom. The molecule has 24 heavy (non-hydrogen) atoms. The summed E-state index contributed by atoms with van der Waals surface area (Å²) in [5.41, 5.74) is 2.64. The van der Waals surface area contributed by atoms with Crippen LogP contribution in [0.15, 0.2) is 53.3 Å². The fourth-order valence-corrected chi connectivity index (χ4v) is 3.29. The van der Waals surface area contributed by atoms with Crippen LogP contribution in [0.2, 0.25) is 0 Å². The number of H-pyrrole nitrogens is 1. The van der Waals surface area contributed by atoms with Gasteiger partial charge in [-0.15, -0.1) is 0 Å². The fraction of sp³-hybridized carbons (Fsp3) is 0.316. The highest BCUT2D eigenvalue weighted by atomic mass is 16.5. The number of para-hydroxylation sites is 1. The molecule has 1 aromatic heterocycles. The minimum Gasteiger partial charge on any atom is -0.490 e. The van der Waals surface area contributed by atoms with E-state index in [1.165, 1.54) is 6.42 Å². The minimum atomic E-state index is -0.108. The Balaban J connectivity index is 1.63. The molecule has 0 saturated carbocycles. The maximum absolute atomic E-state index is 12.4. The number of benzene rings is 2. The molecule has 0 bridgehead atoms. The third-order valence-electron chi connectivity index (χ3n) is 4.56. The van der Waals surface area contributed by atoms with Crippen molar-refractivity contribution in [3.05, 3.63) is 64.6 Å². The van der Waals surface area contributed by atoms with Gasteiger partial charge < -0.3 is 15.0 Å². The van der Waals surface area contributed by atoms with Crippen molar-refractivity contribution in [3.63, 3.8) is 0 Å². The van der Waals surface area contributed by atoms with E-state index in [0.717, 1.165) is 35.3 Å². The van der Waals surface area contributed by atoms with E-state index in [9.17, 15) is 4.79 Å². The summed E-state index contributed by atoms with van der Waals surface area (Å²) in [6.07, 6.45) is 2.34. The van der Waals surface area contributed by atoms with Crippen molar-refractivity contribution >= 4 is 11.0 Å². The van der Waals surface area contributed by atoms with Gasteiger partial charge in [-0.2, -0.15) is 0 Å². The first kappa shape index (κ1) is 15.0.